The number of rotatable bonds is 2. The summed E-state index contributed by atoms with van der Waals surface area (Å²) in [4.78, 5) is 0.302. The standard InChI is InChI=1S/C18H26N2OS/c1-17(2,3)13-9-12(10-14(11-13)18(4,5)6)7-8-15-19-20-16(22)21-15/h7-10,13H,11H2,1-6H3,(H,20,22). The van der Waals surface area contributed by atoms with Gasteiger partial charge >= 0.3 is 0 Å². The van der Waals surface area contributed by atoms with E-state index in [-0.39, 0.29) is 10.8 Å². The lowest BCUT2D eigenvalue weighted by molar-refractivity contribution is 0.274. The van der Waals surface area contributed by atoms with Gasteiger partial charge in [-0.1, -0.05) is 59.3 Å². The van der Waals surface area contributed by atoms with Gasteiger partial charge in [0.25, 0.3) is 4.84 Å². The molecule has 2 rings (SSSR count). The summed E-state index contributed by atoms with van der Waals surface area (Å²) < 4.78 is 5.28. The van der Waals surface area contributed by atoms with Crippen LogP contribution in [0.1, 0.15) is 53.9 Å². The van der Waals surface area contributed by atoms with Crippen LogP contribution in [0.15, 0.2) is 33.8 Å². The van der Waals surface area contributed by atoms with Gasteiger partial charge in [0.2, 0.25) is 5.89 Å². The van der Waals surface area contributed by atoms with E-state index in [0.29, 0.717) is 16.6 Å². The first kappa shape index (κ1) is 16.9. The molecule has 0 saturated carbocycles. The van der Waals surface area contributed by atoms with Gasteiger partial charge in [0.15, 0.2) is 0 Å². The van der Waals surface area contributed by atoms with Crippen LogP contribution in [-0.2, 0) is 0 Å². The molecule has 0 saturated heterocycles. The highest BCUT2D eigenvalue weighted by atomic mass is 32.1. The normalized spacial score (nSPS) is 20.2. The second-order valence-corrected chi connectivity index (χ2v) is 8.42. The van der Waals surface area contributed by atoms with Crippen LogP contribution in [0.2, 0.25) is 0 Å². The lowest BCUT2D eigenvalue weighted by Crippen LogP contribution is -2.24. The zero-order chi connectivity index (χ0) is 16.5. The van der Waals surface area contributed by atoms with Crippen LogP contribution in [0.5, 0.6) is 0 Å². The van der Waals surface area contributed by atoms with E-state index in [4.69, 9.17) is 16.6 Å². The van der Waals surface area contributed by atoms with Crippen LogP contribution < -0.4 is 0 Å². The maximum atomic E-state index is 5.28. The highest BCUT2D eigenvalue weighted by Gasteiger charge is 2.30. The van der Waals surface area contributed by atoms with Gasteiger partial charge in [0, 0.05) is 6.08 Å². The molecule has 1 N–H and O–H groups in total. The minimum atomic E-state index is 0.182. The first-order valence-corrected chi connectivity index (χ1v) is 8.13. The Morgan fingerprint density at radius 1 is 1.23 bits per heavy atom. The van der Waals surface area contributed by atoms with E-state index in [9.17, 15) is 0 Å². The third kappa shape index (κ3) is 4.29. The summed E-state index contributed by atoms with van der Waals surface area (Å²) in [5.74, 6) is 1.03. The lowest BCUT2D eigenvalue weighted by atomic mass is 9.69. The van der Waals surface area contributed by atoms with Crippen molar-refractivity contribution in [2.45, 2.75) is 48.0 Å². The topological polar surface area (TPSA) is 41.8 Å². The third-order valence-corrected chi connectivity index (χ3v) is 4.30. The maximum absolute atomic E-state index is 5.28. The lowest BCUT2D eigenvalue weighted by Gasteiger charge is -2.36. The van der Waals surface area contributed by atoms with Gasteiger partial charge < -0.3 is 4.42 Å². The molecule has 0 fully saturated rings. The Morgan fingerprint density at radius 3 is 2.41 bits per heavy atom. The fourth-order valence-electron chi connectivity index (χ4n) is 2.50. The SMILES string of the molecule is CC(C)(C)C1=CC(C=Cc2n[nH]c(=S)o2)=CC(C(C)(C)C)C1. The first-order chi connectivity index (χ1) is 10.1. The van der Waals surface area contributed by atoms with E-state index in [1.807, 2.05) is 6.08 Å². The molecule has 0 aromatic carbocycles. The number of H-pyrrole nitrogens is 1. The smallest absolute Gasteiger partial charge is 0.284 e. The summed E-state index contributed by atoms with van der Waals surface area (Å²) in [6.45, 7) is 13.7. The van der Waals surface area contributed by atoms with E-state index >= 15 is 0 Å². The molecule has 0 amide bonds. The second-order valence-electron chi connectivity index (χ2n) is 8.05. The summed E-state index contributed by atoms with van der Waals surface area (Å²) in [5, 5.41) is 6.64. The molecule has 1 heterocycles. The predicted molar refractivity (Wildman–Crippen MR) is 93.9 cm³/mol. The van der Waals surface area contributed by atoms with Crippen molar-refractivity contribution in [2.75, 3.05) is 0 Å². The van der Waals surface area contributed by atoms with Crippen LogP contribution in [0, 0.1) is 21.6 Å². The summed E-state index contributed by atoms with van der Waals surface area (Å²) in [5.41, 5.74) is 3.12. The molecule has 1 aliphatic rings. The van der Waals surface area contributed by atoms with Crippen LogP contribution >= 0.6 is 12.2 Å². The molecule has 0 spiro atoms. The number of hydrogen-bond acceptors (Lipinski definition) is 3. The molecular weight excluding hydrogens is 292 g/mol. The second kappa shape index (κ2) is 5.99. The van der Waals surface area contributed by atoms with Crippen molar-refractivity contribution >= 4 is 18.3 Å². The minimum absolute atomic E-state index is 0.182. The fourth-order valence-corrected chi connectivity index (χ4v) is 2.63. The van der Waals surface area contributed by atoms with Crippen LogP contribution in [0.4, 0.5) is 0 Å². The molecule has 0 aliphatic heterocycles. The maximum Gasteiger partial charge on any atom is 0.284 e. The summed E-state index contributed by atoms with van der Waals surface area (Å²) in [7, 11) is 0. The Hall–Kier alpha value is -1.42. The molecular formula is C18H26N2OS. The van der Waals surface area contributed by atoms with Gasteiger partial charge in [0.05, 0.1) is 0 Å². The predicted octanol–water partition coefficient (Wildman–Crippen LogP) is 5.71. The first-order valence-electron chi connectivity index (χ1n) is 7.72. The van der Waals surface area contributed by atoms with Crippen molar-refractivity contribution < 1.29 is 4.42 Å². The van der Waals surface area contributed by atoms with Gasteiger partial charge in [-0.05, 0) is 47.0 Å². The van der Waals surface area contributed by atoms with Crippen molar-refractivity contribution in [3.8, 4) is 0 Å². The van der Waals surface area contributed by atoms with Crippen molar-refractivity contribution in [1.82, 2.24) is 10.2 Å². The third-order valence-electron chi connectivity index (χ3n) is 4.12. The molecule has 120 valence electrons. The van der Waals surface area contributed by atoms with Crippen LogP contribution in [0.25, 0.3) is 6.08 Å². The Morgan fingerprint density at radius 2 is 1.91 bits per heavy atom. The van der Waals surface area contributed by atoms with Gasteiger partial charge in [-0.3, -0.25) is 0 Å². The number of nitrogens with one attached hydrogen (secondary N) is 1. The molecule has 1 aromatic heterocycles. The molecule has 4 heteroatoms. The number of allylic oxidation sites excluding steroid dienone is 5. The van der Waals surface area contributed by atoms with Crippen molar-refractivity contribution in [3.63, 3.8) is 0 Å². The Labute approximate surface area is 138 Å². The average Bonchev–Trinajstić information content (AvgIpc) is 2.80. The number of aromatic amines is 1. The Bertz CT molecular complexity index is 675. The molecule has 1 atom stereocenters. The molecule has 22 heavy (non-hydrogen) atoms. The van der Waals surface area contributed by atoms with E-state index in [1.165, 1.54) is 11.1 Å². The largest absolute Gasteiger partial charge is 0.410 e. The summed E-state index contributed by atoms with van der Waals surface area (Å²) in [6.07, 6.45) is 9.68. The Balaban J connectivity index is 2.33. The van der Waals surface area contributed by atoms with E-state index < -0.39 is 0 Å². The van der Waals surface area contributed by atoms with E-state index in [2.05, 4.69) is 70.0 Å². The fraction of sp³-hybridized carbons (Fsp3) is 0.556. The van der Waals surface area contributed by atoms with Gasteiger partial charge in [0.1, 0.15) is 0 Å². The number of aromatic nitrogens is 2. The van der Waals surface area contributed by atoms with Crippen molar-refractivity contribution in [3.05, 3.63) is 40.1 Å². The molecule has 1 aromatic rings. The Kier molecular flexibility index (Phi) is 4.62. The quantitative estimate of drug-likeness (QED) is 0.710. The zero-order valence-electron chi connectivity index (χ0n) is 14.4. The number of hydrogen-bond donors (Lipinski definition) is 1. The molecule has 0 radical (unpaired) electrons. The average molecular weight is 318 g/mol. The highest BCUT2D eigenvalue weighted by Crippen LogP contribution is 2.42. The van der Waals surface area contributed by atoms with Crippen LogP contribution in [-0.4, -0.2) is 10.2 Å². The number of nitrogens with zero attached hydrogens (tertiary/aromatic N) is 1. The van der Waals surface area contributed by atoms with Gasteiger partial charge in [-0.2, -0.15) is 0 Å². The van der Waals surface area contributed by atoms with Crippen molar-refractivity contribution in [1.29, 1.82) is 0 Å². The molecule has 1 aliphatic carbocycles. The minimum Gasteiger partial charge on any atom is -0.410 e. The monoisotopic (exact) mass is 318 g/mol. The highest BCUT2D eigenvalue weighted by molar-refractivity contribution is 7.71. The van der Waals surface area contributed by atoms with Gasteiger partial charge in [-0.15, -0.1) is 5.10 Å². The van der Waals surface area contributed by atoms with E-state index in [0.717, 1.165) is 6.42 Å². The zero-order valence-corrected chi connectivity index (χ0v) is 15.2. The molecule has 3 nitrogen and oxygen atoms in total. The molecule has 0 bridgehead atoms. The summed E-state index contributed by atoms with van der Waals surface area (Å²) >= 11 is 4.89. The van der Waals surface area contributed by atoms with Crippen molar-refractivity contribution in [2.24, 2.45) is 16.7 Å². The summed E-state index contributed by atoms with van der Waals surface area (Å²) in [6, 6.07) is 0. The molecule has 1 unspecified atom stereocenters. The van der Waals surface area contributed by atoms with E-state index in [1.54, 1.807) is 0 Å². The van der Waals surface area contributed by atoms with Crippen LogP contribution in [0.3, 0.4) is 0 Å². The van der Waals surface area contributed by atoms with Gasteiger partial charge in [-0.25, -0.2) is 5.10 Å².